The van der Waals surface area contributed by atoms with Crippen molar-refractivity contribution in [3.63, 3.8) is 0 Å². The molecule has 0 radical (unpaired) electrons. The molecule has 0 aliphatic heterocycles. The highest BCUT2D eigenvalue weighted by atomic mass is 19.1. The molecule has 19 heavy (non-hydrogen) atoms. The standard InChI is InChI=1S/C14H21FN2O2/c1-9(2)7-17(8-13(16)19)12-6-4-5-11(15)14(12)10(3)18/h4-6,9-10,18H,7-8H2,1-3H3,(H2,16,19)/t10-/m1/s1. The highest BCUT2D eigenvalue weighted by Gasteiger charge is 2.20. The van der Waals surface area contributed by atoms with Crippen molar-refractivity contribution < 1.29 is 14.3 Å². The van der Waals surface area contributed by atoms with Crippen molar-refractivity contribution in [2.45, 2.75) is 26.9 Å². The van der Waals surface area contributed by atoms with Crippen molar-refractivity contribution in [2.75, 3.05) is 18.0 Å². The van der Waals surface area contributed by atoms with Crippen LogP contribution in [0.3, 0.4) is 0 Å². The summed E-state index contributed by atoms with van der Waals surface area (Å²) in [6.07, 6.45) is -0.946. The number of amides is 1. The maximum Gasteiger partial charge on any atom is 0.236 e. The van der Waals surface area contributed by atoms with Gasteiger partial charge in [0.05, 0.1) is 12.6 Å². The van der Waals surface area contributed by atoms with E-state index >= 15 is 0 Å². The molecule has 1 aromatic rings. The SMILES string of the molecule is CC(C)CN(CC(N)=O)c1cccc(F)c1[C@@H](C)O. The molecule has 1 atom stereocenters. The molecule has 1 aromatic carbocycles. The van der Waals surface area contributed by atoms with Crippen molar-refractivity contribution in [2.24, 2.45) is 11.7 Å². The molecular weight excluding hydrogens is 247 g/mol. The smallest absolute Gasteiger partial charge is 0.236 e. The van der Waals surface area contributed by atoms with Crippen molar-refractivity contribution in [3.05, 3.63) is 29.6 Å². The van der Waals surface area contributed by atoms with Gasteiger partial charge in [0.15, 0.2) is 0 Å². The number of primary amides is 1. The van der Waals surface area contributed by atoms with Gasteiger partial charge >= 0.3 is 0 Å². The number of carbonyl (C=O) groups excluding carboxylic acids is 1. The number of benzene rings is 1. The van der Waals surface area contributed by atoms with Crippen LogP contribution in [0.15, 0.2) is 18.2 Å². The normalized spacial score (nSPS) is 12.5. The Bertz CT molecular complexity index is 447. The van der Waals surface area contributed by atoms with Gasteiger partial charge in [-0.15, -0.1) is 0 Å². The summed E-state index contributed by atoms with van der Waals surface area (Å²) in [5, 5.41) is 9.72. The minimum absolute atomic E-state index is 0.00134. The fourth-order valence-electron chi connectivity index (χ4n) is 2.09. The number of nitrogens with zero attached hydrogens (tertiary/aromatic N) is 1. The number of anilines is 1. The van der Waals surface area contributed by atoms with Crippen molar-refractivity contribution in [1.29, 1.82) is 0 Å². The van der Waals surface area contributed by atoms with Gasteiger partial charge in [-0.3, -0.25) is 4.79 Å². The zero-order valence-corrected chi connectivity index (χ0v) is 11.6. The molecule has 106 valence electrons. The van der Waals surface area contributed by atoms with Gasteiger partial charge in [-0.05, 0) is 25.0 Å². The van der Waals surface area contributed by atoms with Crippen LogP contribution in [0.2, 0.25) is 0 Å². The minimum atomic E-state index is -0.946. The first kappa shape index (κ1) is 15.4. The zero-order valence-electron chi connectivity index (χ0n) is 11.6. The number of rotatable bonds is 6. The molecule has 0 saturated heterocycles. The van der Waals surface area contributed by atoms with Crippen molar-refractivity contribution in [1.82, 2.24) is 0 Å². The van der Waals surface area contributed by atoms with Crippen LogP contribution in [0.4, 0.5) is 10.1 Å². The number of hydrogen-bond donors (Lipinski definition) is 2. The lowest BCUT2D eigenvalue weighted by molar-refractivity contribution is -0.116. The second-order valence-electron chi connectivity index (χ2n) is 5.09. The molecule has 0 saturated carbocycles. The van der Waals surface area contributed by atoms with Crippen LogP contribution in [0.25, 0.3) is 0 Å². The number of hydrogen-bond acceptors (Lipinski definition) is 3. The second kappa shape index (κ2) is 6.52. The fourth-order valence-corrected chi connectivity index (χ4v) is 2.09. The summed E-state index contributed by atoms with van der Waals surface area (Å²) in [4.78, 5) is 12.9. The lowest BCUT2D eigenvalue weighted by Gasteiger charge is -2.28. The first-order chi connectivity index (χ1) is 8.82. The average Bonchev–Trinajstić information content (AvgIpc) is 2.25. The molecule has 0 aromatic heterocycles. The number of carbonyl (C=O) groups is 1. The molecule has 0 unspecified atom stereocenters. The predicted octanol–water partition coefficient (Wildman–Crippen LogP) is 1.83. The predicted molar refractivity (Wildman–Crippen MR) is 73.3 cm³/mol. The highest BCUT2D eigenvalue weighted by molar-refractivity contribution is 5.80. The average molecular weight is 268 g/mol. The third-order valence-electron chi connectivity index (χ3n) is 2.72. The zero-order chi connectivity index (χ0) is 14.6. The van der Waals surface area contributed by atoms with Crippen LogP contribution in [0.5, 0.6) is 0 Å². The first-order valence-electron chi connectivity index (χ1n) is 6.32. The molecule has 1 rings (SSSR count). The summed E-state index contributed by atoms with van der Waals surface area (Å²) in [7, 11) is 0. The summed E-state index contributed by atoms with van der Waals surface area (Å²) in [5.41, 5.74) is 5.95. The Hall–Kier alpha value is -1.62. The summed E-state index contributed by atoms with van der Waals surface area (Å²) in [6.45, 7) is 6.05. The Labute approximate surface area is 113 Å². The molecule has 0 fully saturated rings. The Morgan fingerprint density at radius 1 is 1.42 bits per heavy atom. The van der Waals surface area contributed by atoms with Crippen LogP contribution in [-0.4, -0.2) is 24.1 Å². The van der Waals surface area contributed by atoms with Gasteiger partial charge in [0.2, 0.25) is 5.91 Å². The minimum Gasteiger partial charge on any atom is -0.389 e. The second-order valence-corrected chi connectivity index (χ2v) is 5.09. The van der Waals surface area contributed by atoms with Gasteiger partial charge in [-0.25, -0.2) is 4.39 Å². The monoisotopic (exact) mass is 268 g/mol. The van der Waals surface area contributed by atoms with Gasteiger partial charge in [0.1, 0.15) is 5.82 Å². The van der Waals surface area contributed by atoms with E-state index in [4.69, 9.17) is 5.73 Å². The van der Waals surface area contributed by atoms with Gasteiger partial charge in [0, 0.05) is 17.8 Å². The van der Waals surface area contributed by atoms with E-state index in [1.807, 2.05) is 13.8 Å². The number of aliphatic hydroxyl groups is 1. The highest BCUT2D eigenvalue weighted by Crippen LogP contribution is 2.29. The van der Waals surface area contributed by atoms with Crippen LogP contribution in [0.1, 0.15) is 32.4 Å². The Balaban J connectivity index is 3.20. The number of aliphatic hydroxyl groups excluding tert-OH is 1. The third kappa shape index (κ3) is 4.21. The van der Waals surface area contributed by atoms with Crippen LogP contribution >= 0.6 is 0 Å². The number of nitrogens with two attached hydrogens (primary N) is 1. The molecule has 0 bridgehead atoms. The van der Waals surface area contributed by atoms with Gasteiger partial charge in [-0.1, -0.05) is 19.9 Å². The largest absolute Gasteiger partial charge is 0.389 e. The number of halogens is 1. The molecule has 3 N–H and O–H groups in total. The Morgan fingerprint density at radius 2 is 2.05 bits per heavy atom. The summed E-state index contributed by atoms with van der Waals surface area (Å²) in [5.74, 6) is -0.684. The van der Waals surface area contributed by atoms with Gasteiger partial charge in [0.25, 0.3) is 0 Å². The van der Waals surface area contributed by atoms with E-state index in [-0.39, 0.29) is 18.0 Å². The van der Waals surface area contributed by atoms with E-state index in [2.05, 4.69) is 0 Å². The Kier molecular flexibility index (Phi) is 5.30. The molecule has 4 nitrogen and oxygen atoms in total. The molecule has 0 heterocycles. The van der Waals surface area contributed by atoms with E-state index < -0.39 is 17.8 Å². The molecule has 0 aliphatic carbocycles. The summed E-state index contributed by atoms with van der Waals surface area (Å²) < 4.78 is 13.8. The molecule has 1 amide bonds. The lowest BCUT2D eigenvalue weighted by atomic mass is 10.0. The third-order valence-corrected chi connectivity index (χ3v) is 2.72. The Morgan fingerprint density at radius 3 is 2.53 bits per heavy atom. The molecule has 0 aliphatic rings. The molecule has 0 spiro atoms. The topological polar surface area (TPSA) is 66.6 Å². The maximum atomic E-state index is 13.8. The van der Waals surface area contributed by atoms with Crippen molar-refractivity contribution in [3.8, 4) is 0 Å². The van der Waals surface area contributed by atoms with E-state index in [1.54, 1.807) is 17.0 Å². The summed E-state index contributed by atoms with van der Waals surface area (Å²) >= 11 is 0. The molecule has 5 heteroatoms. The first-order valence-corrected chi connectivity index (χ1v) is 6.32. The van der Waals surface area contributed by atoms with Crippen LogP contribution < -0.4 is 10.6 Å². The van der Waals surface area contributed by atoms with Gasteiger partial charge < -0.3 is 15.7 Å². The van der Waals surface area contributed by atoms with Gasteiger partial charge in [-0.2, -0.15) is 0 Å². The van der Waals surface area contributed by atoms with Crippen LogP contribution in [0, 0.1) is 11.7 Å². The van der Waals surface area contributed by atoms with E-state index in [0.29, 0.717) is 12.2 Å². The van der Waals surface area contributed by atoms with Crippen LogP contribution in [-0.2, 0) is 4.79 Å². The molecular formula is C14H21FN2O2. The van der Waals surface area contributed by atoms with E-state index in [9.17, 15) is 14.3 Å². The maximum absolute atomic E-state index is 13.8. The van der Waals surface area contributed by atoms with E-state index in [0.717, 1.165) is 0 Å². The van der Waals surface area contributed by atoms with Crippen molar-refractivity contribution >= 4 is 11.6 Å². The van der Waals surface area contributed by atoms with E-state index in [1.165, 1.54) is 13.0 Å². The fraction of sp³-hybridized carbons (Fsp3) is 0.500. The quantitative estimate of drug-likeness (QED) is 0.827. The summed E-state index contributed by atoms with van der Waals surface area (Å²) in [6, 6.07) is 4.55. The lowest BCUT2D eigenvalue weighted by Crippen LogP contribution is -2.37.